The monoisotopic (exact) mass is 314 g/mol. The number of para-hydroxylation sites is 1. The molecule has 0 saturated heterocycles. The van der Waals surface area contributed by atoms with Gasteiger partial charge < -0.3 is 5.11 Å². The number of hydrogen-bond acceptors (Lipinski definition) is 4. The fourth-order valence-corrected chi connectivity index (χ4v) is 2.08. The smallest absolute Gasteiger partial charge is 0.296 e. The number of azo groups is 1. The molecule has 0 unspecified atom stereocenters. The molecule has 7 heteroatoms. The van der Waals surface area contributed by atoms with Gasteiger partial charge in [0.2, 0.25) is 11.6 Å². The van der Waals surface area contributed by atoms with Gasteiger partial charge >= 0.3 is 0 Å². The van der Waals surface area contributed by atoms with Gasteiger partial charge in [0, 0.05) is 0 Å². The highest BCUT2D eigenvalue weighted by atomic mass is 35.5. The molecule has 0 aliphatic carbocycles. The maximum atomic E-state index is 11.9. The van der Waals surface area contributed by atoms with E-state index in [1.165, 1.54) is 4.68 Å². The average Bonchev–Trinajstić information content (AvgIpc) is 2.82. The third-order valence-corrected chi connectivity index (χ3v) is 3.30. The summed E-state index contributed by atoms with van der Waals surface area (Å²) in [5.74, 6) is -0.313. The number of benzene rings is 2. The number of aromatic nitrogens is 2. The van der Waals surface area contributed by atoms with E-state index in [-0.39, 0.29) is 11.6 Å². The Hall–Kier alpha value is -2.86. The molecule has 0 radical (unpaired) electrons. The molecule has 0 amide bonds. The van der Waals surface area contributed by atoms with E-state index in [4.69, 9.17) is 11.6 Å². The Morgan fingerprint density at radius 3 is 2.41 bits per heavy atom. The van der Waals surface area contributed by atoms with Gasteiger partial charge in [-0.2, -0.15) is 0 Å². The van der Waals surface area contributed by atoms with E-state index >= 15 is 0 Å². The van der Waals surface area contributed by atoms with Gasteiger partial charge in [-0.25, -0.2) is 4.68 Å². The van der Waals surface area contributed by atoms with Crippen LogP contribution in [0.15, 0.2) is 69.6 Å². The second-order valence-electron chi connectivity index (χ2n) is 4.44. The molecule has 2 N–H and O–H groups in total. The Labute approximate surface area is 130 Å². The highest BCUT2D eigenvalue weighted by molar-refractivity contribution is 6.32. The van der Waals surface area contributed by atoms with Crippen molar-refractivity contribution in [1.82, 2.24) is 9.78 Å². The van der Waals surface area contributed by atoms with Gasteiger partial charge in [0.15, 0.2) is 0 Å². The minimum Gasteiger partial charge on any atom is -0.492 e. The summed E-state index contributed by atoms with van der Waals surface area (Å²) in [4.78, 5) is 11.9. The molecule has 0 atom stereocenters. The first-order valence-corrected chi connectivity index (χ1v) is 6.80. The minimum atomic E-state index is -0.544. The Morgan fingerprint density at radius 1 is 1.00 bits per heavy atom. The molecule has 3 rings (SSSR count). The first-order valence-electron chi connectivity index (χ1n) is 6.42. The molecule has 1 aromatic heterocycles. The van der Waals surface area contributed by atoms with Gasteiger partial charge in [-0.3, -0.25) is 9.89 Å². The lowest BCUT2D eigenvalue weighted by Gasteiger charge is -2.02. The molecule has 0 fully saturated rings. The molecule has 0 aliphatic rings. The maximum absolute atomic E-state index is 11.9. The molecule has 1 heterocycles. The predicted octanol–water partition coefficient (Wildman–Crippen LogP) is 3.94. The number of aromatic amines is 1. The van der Waals surface area contributed by atoms with Crippen molar-refractivity contribution < 1.29 is 5.11 Å². The van der Waals surface area contributed by atoms with Gasteiger partial charge in [-0.05, 0) is 24.3 Å². The normalized spacial score (nSPS) is 11.1. The summed E-state index contributed by atoms with van der Waals surface area (Å²) in [6.45, 7) is 0. The van der Waals surface area contributed by atoms with E-state index in [1.54, 1.807) is 48.5 Å². The van der Waals surface area contributed by atoms with Crippen LogP contribution in [-0.2, 0) is 0 Å². The fraction of sp³-hybridized carbons (Fsp3) is 0. The first kappa shape index (κ1) is 14.1. The van der Waals surface area contributed by atoms with Gasteiger partial charge in [0.25, 0.3) is 5.56 Å². The number of hydrogen-bond donors (Lipinski definition) is 2. The molecule has 2 aromatic carbocycles. The Balaban J connectivity index is 2.01. The van der Waals surface area contributed by atoms with Crippen molar-refractivity contribution in [2.24, 2.45) is 10.2 Å². The molecule has 6 nitrogen and oxygen atoms in total. The zero-order valence-corrected chi connectivity index (χ0v) is 12.0. The van der Waals surface area contributed by atoms with Crippen LogP contribution in [0.3, 0.4) is 0 Å². The van der Waals surface area contributed by atoms with Crippen molar-refractivity contribution in [3.63, 3.8) is 0 Å². The van der Waals surface area contributed by atoms with Crippen LogP contribution in [0.2, 0.25) is 5.02 Å². The number of H-pyrrole nitrogens is 1. The lowest BCUT2D eigenvalue weighted by atomic mass is 10.3. The highest BCUT2D eigenvalue weighted by Gasteiger charge is 2.14. The van der Waals surface area contributed by atoms with Crippen molar-refractivity contribution in [3.8, 4) is 11.6 Å². The maximum Gasteiger partial charge on any atom is 0.296 e. The number of rotatable bonds is 3. The zero-order chi connectivity index (χ0) is 15.5. The van der Waals surface area contributed by atoms with Crippen LogP contribution in [0.4, 0.5) is 11.4 Å². The molecule has 0 spiro atoms. The average molecular weight is 315 g/mol. The second kappa shape index (κ2) is 5.87. The Morgan fingerprint density at radius 2 is 1.68 bits per heavy atom. The summed E-state index contributed by atoms with van der Waals surface area (Å²) in [5.41, 5.74) is 0.299. The van der Waals surface area contributed by atoms with E-state index in [2.05, 4.69) is 15.3 Å². The molecule has 0 aliphatic heterocycles. The molecule has 0 bridgehead atoms. The highest BCUT2D eigenvalue weighted by Crippen LogP contribution is 2.29. The molecule has 0 saturated carbocycles. The number of halogens is 1. The summed E-state index contributed by atoms with van der Waals surface area (Å²) in [6.07, 6.45) is 0. The van der Waals surface area contributed by atoms with Crippen LogP contribution in [-0.4, -0.2) is 14.9 Å². The van der Waals surface area contributed by atoms with Crippen LogP contribution in [0.5, 0.6) is 5.88 Å². The van der Waals surface area contributed by atoms with E-state index < -0.39 is 5.56 Å². The SMILES string of the molecule is O=c1[nH]n(-c2ccccc2)c(O)c1N=Nc1ccccc1Cl. The summed E-state index contributed by atoms with van der Waals surface area (Å²) in [7, 11) is 0. The van der Waals surface area contributed by atoms with E-state index in [0.717, 1.165) is 0 Å². The largest absolute Gasteiger partial charge is 0.492 e. The lowest BCUT2D eigenvalue weighted by Crippen LogP contribution is -2.03. The van der Waals surface area contributed by atoms with Crippen molar-refractivity contribution in [2.75, 3.05) is 0 Å². The van der Waals surface area contributed by atoms with Crippen LogP contribution in [0.1, 0.15) is 0 Å². The molecule has 3 aromatic rings. The van der Waals surface area contributed by atoms with Crippen LogP contribution in [0, 0.1) is 0 Å². The number of aromatic hydroxyl groups is 1. The van der Waals surface area contributed by atoms with Crippen molar-refractivity contribution in [2.45, 2.75) is 0 Å². The van der Waals surface area contributed by atoms with Crippen molar-refractivity contribution in [1.29, 1.82) is 0 Å². The van der Waals surface area contributed by atoms with Crippen molar-refractivity contribution in [3.05, 3.63) is 70.0 Å². The van der Waals surface area contributed by atoms with Gasteiger partial charge in [0.1, 0.15) is 5.69 Å². The third kappa shape index (κ3) is 2.64. The quantitative estimate of drug-likeness (QED) is 0.718. The third-order valence-electron chi connectivity index (χ3n) is 2.98. The standard InChI is InChI=1S/C15H11ClN4O2/c16-11-8-4-5-9-12(11)17-18-13-14(21)19-20(15(13)22)10-6-2-1-3-7-10/h1-9,22H,(H,19,21). The van der Waals surface area contributed by atoms with Gasteiger partial charge in [-0.1, -0.05) is 41.9 Å². The van der Waals surface area contributed by atoms with Crippen LogP contribution in [0.25, 0.3) is 5.69 Å². The second-order valence-corrected chi connectivity index (χ2v) is 4.84. The number of nitrogens with one attached hydrogen (secondary N) is 1. The first-order chi connectivity index (χ1) is 10.7. The predicted molar refractivity (Wildman–Crippen MR) is 83.7 cm³/mol. The lowest BCUT2D eigenvalue weighted by molar-refractivity contribution is 0.434. The fourth-order valence-electron chi connectivity index (χ4n) is 1.91. The zero-order valence-electron chi connectivity index (χ0n) is 11.3. The topological polar surface area (TPSA) is 82.7 Å². The summed E-state index contributed by atoms with van der Waals surface area (Å²) in [6, 6.07) is 15.7. The molecular formula is C15H11ClN4O2. The Bertz CT molecular complexity index is 884. The van der Waals surface area contributed by atoms with E-state index in [9.17, 15) is 9.90 Å². The number of nitrogens with zero attached hydrogens (tertiary/aromatic N) is 3. The van der Waals surface area contributed by atoms with Gasteiger partial charge in [-0.15, -0.1) is 10.2 Å². The molecule has 22 heavy (non-hydrogen) atoms. The van der Waals surface area contributed by atoms with Crippen LogP contribution >= 0.6 is 11.6 Å². The summed E-state index contributed by atoms with van der Waals surface area (Å²) in [5, 5.41) is 20.8. The van der Waals surface area contributed by atoms with Gasteiger partial charge in [0.05, 0.1) is 10.7 Å². The Kier molecular flexibility index (Phi) is 3.76. The van der Waals surface area contributed by atoms with Crippen molar-refractivity contribution >= 4 is 23.0 Å². The molecular weight excluding hydrogens is 304 g/mol. The van der Waals surface area contributed by atoms with Crippen LogP contribution < -0.4 is 5.56 Å². The minimum absolute atomic E-state index is 0.177. The molecule has 110 valence electrons. The van der Waals surface area contributed by atoms with E-state index in [0.29, 0.717) is 16.4 Å². The van der Waals surface area contributed by atoms with E-state index in [1.807, 2.05) is 6.07 Å². The summed E-state index contributed by atoms with van der Waals surface area (Å²) >= 11 is 5.96. The summed E-state index contributed by atoms with van der Waals surface area (Å²) < 4.78 is 1.24.